The molecule has 2 atom stereocenters. The van der Waals surface area contributed by atoms with E-state index >= 15 is 0 Å². The van der Waals surface area contributed by atoms with Crippen LogP contribution in [0, 0.1) is 11.6 Å². The van der Waals surface area contributed by atoms with E-state index in [0.29, 0.717) is 18.5 Å². The molecular weight excluding hydrogens is 326 g/mol. The molecule has 2 unspecified atom stereocenters. The highest BCUT2D eigenvalue weighted by molar-refractivity contribution is 5.84. The molecule has 0 bridgehead atoms. The van der Waals surface area contributed by atoms with Gasteiger partial charge in [0, 0.05) is 18.5 Å². The van der Waals surface area contributed by atoms with Gasteiger partial charge in [-0.05, 0) is 30.7 Å². The lowest BCUT2D eigenvalue weighted by atomic mass is 9.86. The largest absolute Gasteiger partial charge is 0.383 e. The Morgan fingerprint density at radius 3 is 2.57 bits per heavy atom. The first-order valence-electron chi connectivity index (χ1n) is 6.86. The number of amides is 1. The lowest BCUT2D eigenvalue weighted by Gasteiger charge is -2.34. The maximum absolute atomic E-state index is 13.3. The maximum atomic E-state index is 13.3. The van der Waals surface area contributed by atoms with Crippen LogP contribution in [0.4, 0.5) is 26.3 Å². The van der Waals surface area contributed by atoms with Crippen LogP contribution >= 0.6 is 0 Å². The van der Waals surface area contributed by atoms with Crippen molar-refractivity contribution in [1.82, 2.24) is 10.6 Å². The molecule has 1 aromatic rings. The van der Waals surface area contributed by atoms with Crippen LogP contribution in [0.2, 0.25) is 0 Å². The van der Waals surface area contributed by atoms with E-state index in [4.69, 9.17) is 0 Å². The average Bonchev–Trinajstić information content (AvgIpc) is 2.50. The highest BCUT2D eigenvalue weighted by Gasteiger charge is 2.50. The number of hydrogen-bond acceptors (Lipinski definition) is 2. The first kappa shape index (κ1) is 17.6. The van der Waals surface area contributed by atoms with Gasteiger partial charge in [-0.15, -0.1) is 0 Å². The zero-order valence-corrected chi connectivity index (χ0v) is 11.8. The average molecular weight is 340 g/mol. The van der Waals surface area contributed by atoms with Crippen LogP contribution in [0.5, 0.6) is 0 Å². The molecule has 1 saturated heterocycles. The topological polar surface area (TPSA) is 41.1 Å². The van der Waals surface area contributed by atoms with Gasteiger partial charge < -0.3 is 10.6 Å². The predicted molar refractivity (Wildman–Crippen MR) is 69.5 cm³/mol. The van der Waals surface area contributed by atoms with Gasteiger partial charge in [-0.1, -0.05) is 6.07 Å². The van der Waals surface area contributed by atoms with Crippen molar-refractivity contribution < 1.29 is 31.1 Å². The molecule has 128 valence electrons. The van der Waals surface area contributed by atoms with Crippen molar-refractivity contribution in [3.05, 3.63) is 35.4 Å². The molecule has 1 aromatic carbocycles. The Morgan fingerprint density at radius 1 is 1.26 bits per heavy atom. The summed E-state index contributed by atoms with van der Waals surface area (Å²) in [6.45, 7) is 0.510. The molecule has 2 N–H and O–H groups in total. The van der Waals surface area contributed by atoms with Crippen molar-refractivity contribution in [1.29, 1.82) is 0 Å². The number of rotatable bonds is 4. The van der Waals surface area contributed by atoms with Gasteiger partial charge in [-0.3, -0.25) is 4.79 Å². The number of piperidine rings is 1. The van der Waals surface area contributed by atoms with Crippen molar-refractivity contribution in [2.75, 3.05) is 13.1 Å². The van der Waals surface area contributed by atoms with Crippen molar-refractivity contribution in [2.45, 2.75) is 30.7 Å². The molecule has 0 saturated carbocycles. The third kappa shape index (κ3) is 3.77. The summed E-state index contributed by atoms with van der Waals surface area (Å²) in [5.41, 5.74) is 0.302. The summed E-state index contributed by atoms with van der Waals surface area (Å²) in [6.07, 6.45) is -3.78. The molecule has 1 heterocycles. The van der Waals surface area contributed by atoms with Crippen molar-refractivity contribution in [3.8, 4) is 0 Å². The molecule has 23 heavy (non-hydrogen) atoms. The minimum atomic E-state index is -4.81. The standard InChI is InChI=1S/C14H14F6N2O/c15-9-2-1-7(5-10(9)16)8-3-4-21-6-11(8)22-13(23)14(19,20)12(17)18/h1-2,5,8,11-12,21H,3-4,6H2,(H,22,23). The van der Waals surface area contributed by atoms with E-state index in [9.17, 15) is 31.1 Å². The van der Waals surface area contributed by atoms with E-state index in [0.717, 1.165) is 12.1 Å². The summed E-state index contributed by atoms with van der Waals surface area (Å²) in [6, 6.07) is 2.14. The molecule has 3 nitrogen and oxygen atoms in total. The zero-order valence-electron chi connectivity index (χ0n) is 11.8. The third-order valence-corrected chi connectivity index (χ3v) is 3.75. The van der Waals surface area contributed by atoms with Gasteiger partial charge in [-0.2, -0.15) is 8.78 Å². The second-order valence-electron chi connectivity index (χ2n) is 5.28. The number of alkyl halides is 4. The molecule has 0 aliphatic carbocycles. The van der Waals surface area contributed by atoms with Crippen LogP contribution in [-0.4, -0.2) is 37.4 Å². The lowest BCUT2D eigenvalue weighted by molar-refractivity contribution is -0.170. The summed E-state index contributed by atoms with van der Waals surface area (Å²) < 4.78 is 76.8. The fourth-order valence-electron chi connectivity index (χ4n) is 2.52. The SMILES string of the molecule is O=C(NC1CNCCC1c1ccc(F)c(F)c1)C(F)(F)C(F)F. The van der Waals surface area contributed by atoms with Gasteiger partial charge in [0.05, 0.1) is 0 Å². The number of hydrogen-bond donors (Lipinski definition) is 2. The van der Waals surface area contributed by atoms with Crippen molar-refractivity contribution in [3.63, 3.8) is 0 Å². The molecular formula is C14H14F6N2O. The normalized spacial score (nSPS) is 22.2. The molecule has 1 aliphatic rings. The quantitative estimate of drug-likeness (QED) is 0.827. The Hall–Kier alpha value is -1.77. The van der Waals surface area contributed by atoms with Crippen LogP contribution in [0.15, 0.2) is 18.2 Å². The molecule has 2 rings (SSSR count). The van der Waals surface area contributed by atoms with E-state index in [1.165, 1.54) is 6.07 Å². The molecule has 0 spiro atoms. The molecule has 0 radical (unpaired) electrons. The van der Waals surface area contributed by atoms with E-state index < -0.39 is 41.8 Å². The zero-order chi connectivity index (χ0) is 17.2. The second-order valence-corrected chi connectivity index (χ2v) is 5.28. The Bertz CT molecular complexity index is 580. The van der Waals surface area contributed by atoms with E-state index in [1.807, 2.05) is 5.32 Å². The third-order valence-electron chi connectivity index (χ3n) is 3.75. The molecule has 1 fully saturated rings. The Labute approximate surface area is 128 Å². The number of nitrogens with one attached hydrogen (secondary N) is 2. The fourth-order valence-corrected chi connectivity index (χ4v) is 2.52. The van der Waals surface area contributed by atoms with Gasteiger partial charge in [-0.25, -0.2) is 17.6 Å². The van der Waals surface area contributed by atoms with Gasteiger partial charge >= 0.3 is 12.3 Å². The van der Waals surface area contributed by atoms with Gasteiger partial charge in [0.15, 0.2) is 11.6 Å². The number of halogens is 6. The minimum Gasteiger partial charge on any atom is -0.346 e. The van der Waals surface area contributed by atoms with Crippen LogP contribution in [0.3, 0.4) is 0 Å². The summed E-state index contributed by atoms with van der Waals surface area (Å²) in [7, 11) is 0. The van der Waals surface area contributed by atoms with Crippen LogP contribution in [0.1, 0.15) is 17.9 Å². The highest BCUT2D eigenvalue weighted by atomic mass is 19.3. The maximum Gasteiger partial charge on any atom is 0.383 e. The summed E-state index contributed by atoms with van der Waals surface area (Å²) in [5.74, 6) is -9.66. The smallest absolute Gasteiger partial charge is 0.346 e. The van der Waals surface area contributed by atoms with Crippen LogP contribution in [0.25, 0.3) is 0 Å². The van der Waals surface area contributed by atoms with Crippen LogP contribution < -0.4 is 10.6 Å². The predicted octanol–water partition coefficient (Wildman–Crippen LogP) is 2.43. The first-order valence-corrected chi connectivity index (χ1v) is 6.86. The van der Waals surface area contributed by atoms with Gasteiger partial charge in [0.2, 0.25) is 0 Å². The minimum absolute atomic E-state index is 0.0503. The molecule has 1 aliphatic heterocycles. The Balaban J connectivity index is 2.18. The summed E-state index contributed by atoms with van der Waals surface area (Å²) in [4.78, 5) is 11.4. The summed E-state index contributed by atoms with van der Waals surface area (Å²) >= 11 is 0. The number of carbonyl (C=O) groups excluding carboxylic acids is 1. The Kier molecular flexibility index (Phi) is 5.18. The monoisotopic (exact) mass is 340 g/mol. The van der Waals surface area contributed by atoms with E-state index in [-0.39, 0.29) is 6.54 Å². The van der Waals surface area contributed by atoms with E-state index in [2.05, 4.69) is 5.32 Å². The highest BCUT2D eigenvalue weighted by Crippen LogP contribution is 2.29. The molecule has 0 aromatic heterocycles. The van der Waals surface area contributed by atoms with Gasteiger partial charge in [0.1, 0.15) is 0 Å². The molecule has 9 heteroatoms. The lowest BCUT2D eigenvalue weighted by Crippen LogP contribution is -2.55. The Morgan fingerprint density at radius 2 is 1.96 bits per heavy atom. The van der Waals surface area contributed by atoms with Gasteiger partial charge in [0.25, 0.3) is 5.91 Å². The van der Waals surface area contributed by atoms with Crippen molar-refractivity contribution in [2.24, 2.45) is 0 Å². The van der Waals surface area contributed by atoms with Crippen molar-refractivity contribution >= 4 is 5.91 Å². The second kappa shape index (κ2) is 6.77. The van der Waals surface area contributed by atoms with E-state index in [1.54, 1.807) is 0 Å². The fraction of sp³-hybridized carbons (Fsp3) is 0.500. The summed E-state index contributed by atoms with van der Waals surface area (Å²) in [5, 5.41) is 4.71. The molecule has 1 amide bonds. The van der Waals surface area contributed by atoms with Crippen LogP contribution in [-0.2, 0) is 4.79 Å². The first-order chi connectivity index (χ1) is 10.7. The number of benzene rings is 1. The number of carbonyl (C=O) groups is 1.